The van der Waals surface area contributed by atoms with Gasteiger partial charge in [-0.15, -0.1) is 0 Å². The second-order valence-electron chi connectivity index (χ2n) is 8.55. The van der Waals surface area contributed by atoms with Crippen LogP contribution in [0, 0.1) is 0 Å². The van der Waals surface area contributed by atoms with Gasteiger partial charge in [0.1, 0.15) is 5.75 Å². The van der Waals surface area contributed by atoms with Crippen molar-refractivity contribution in [2.75, 3.05) is 45.7 Å². The largest absolute Gasteiger partial charge is 0.495 e. The van der Waals surface area contributed by atoms with Crippen LogP contribution in [0.25, 0.3) is 6.08 Å². The summed E-state index contributed by atoms with van der Waals surface area (Å²) in [6.45, 7) is 2.88. The number of hydrogen-bond donors (Lipinski definition) is 0. The van der Waals surface area contributed by atoms with Crippen LogP contribution in [0.3, 0.4) is 0 Å². The maximum atomic E-state index is 6.47. The zero-order valence-corrected chi connectivity index (χ0v) is 19.8. The van der Waals surface area contributed by atoms with Gasteiger partial charge >= 0.3 is 0 Å². The van der Waals surface area contributed by atoms with Crippen LogP contribution in [0.4, 0.5) is 5.69 Å². The Morgan fingerprint density at radius 2 is 1.81 bits per heavy atom. The molecule has 0 aliphatic carbocycles. The average molecular weight is 447 g/mol. The van der Waals surface area contributed by atoms with Crippen molar-refractivity contribution in [1.29, 1.82) is 0 Å². The van der Waals surface area contributed by atoms with Crippen LogP contribution in [0.1, 0.15) is 28.2 Å². The van der Waals surface area contributed by atoms with Gasteiger partial charge in [0.15, 0.2) is 0 Å². The molecule has 0 fully saturated rings. The van der Waals surface area contributed by atoms with Crippen LogP contribution in [0.5, 0.6) is 5.75 Å². The third-order valence-electron chi connectivity index (χ3n) is 6.21. The number of nitrogens with zero attached hydrogens (tertiary/aromatic N) is 2. The molecule has 0 saturated carbocycles. The summed E-state index contributed by atoms with van der Waals surface area (Å²) in [4.78, 5) is 4.65. The Hall–Kier alpha value is -2.75. The van der Waals surface area contributed by atoms with Crippen molar-refractivity contribution in [2.45, 2.75) is 12.3 Å². The van der Waals surface area contributed by atoms with Crippen molar-refractivity contribution in [3.63, 3.8) is 0 Å². The van der Waals surface area contributed by atoms with E-state index in [-0.39, 0.29) is 5.92 Å². The minimum absolute atomic E-state index is 0.285. The van der Waals surface area contributed by atoms with Gasteiger partial charge in [-0.25, -0.2) is 0 Å². The highest BCUT2D eigenvalue weighted by Crippen LogP contribution is 2.37. The molecule has 0 saturated heterocycles. The molecule has 166 valence electrons. The van der Waals surface area contributed by atoms with Gasteiger partial charge in [-0.2, -0.15) is 0 Å². The molecule has 0 N–H and O–H groups in total. The van der Waals surface area contributed by atoms with Crippen molar-refractivity contribution in [1.82, 2.24) is 4.90 Å². The van der Waals surface area contributed by atoms with E-state index < -0.39 is 0 Å². The first kappa shape index (κ1) is 22.4. The van der Waals surface area contributed by atoms with Crippen molar-refractivity contribution >= 4 is 23.4 Å². The quantitative estimate of drug-likeness (QED) is 0.453. The summed E-state index contributed by atoms with van der Waals surface area (Å²) in [6.07, 6.45) is 5.47. The van der Waals surface area contributed by atoms with E-state index in [1.54, 1.807) is 7.11 Å². The van der Waals surface area contributed by atoms with Gasteiger partial charge in [0.2, 0.25) is 0 Å². The van der Waals surface area contributed by atoms with E-state index in [4.69, 9.17) is 16.3 Å². The fourth-order valence-corrected chi connectivity index (χ4v) is 4.66. The molecule has 1 heterocycles. The Labute approximate surface area is 196 Å². The SMILES string of the molecule is COc1cc2c(cc1Cl)CCN(CC=Cc1ccc(N(C)C)cc1)CC2c1ccccc1. The summed E-state index contributed by atoms with van der Waals surface area (Å²) in [5.41, 5.74) is 6.41. The molecular formula is C28H31ClN2O. The summed E-state index contributed by atoms with van der Waals surface area (Å²) >= 11 is 6.47. The molecule has 0 aromatic heterocycles. The number of hydrogen-bond acceptors (Lipinski definition) is 3. The average Bonchev–Trinajstić information content (AvgIpc) is 2.98. The standard InChI is InChI=1S/C28H31ClN2O/c1-30(2)24-13-11-21(12-14-24)8-7-16-31-17-15-23-18-27(29)28(32-3)19-25(23)26(20-31)22-9-5-4-6-10-22/h4-14,18-19,26H,15-17,20H2,1-3H3. The Morgan fingerprint density at radius 1 is 1.06 bits per heavy atom. The molecule has 3 aromatic rings. The molecule has 1 aliphatic rings. The molecule has 0 spiro atoms. The summed E-state index contributed by atoms with van der Waals surface area (Å²) in [6, 6.07) is 23.7. The predicted octanol–water partition coefficient (Wildman–Crippen LogP) is 6.12. The second-order valence-corrected chi connectivity index (χ2v) is 8.95. The van der Waals surface area contributed by atoms with Crippen LogP contribution in [0.15, 0.2) is 72.8 Å². The number of anilines is 1. The van der Waals surface area contributed by atoms with Gasteiger partial charge < -0.3 is 9.64 Å². The lowest BCUT2D eigenvalue weighted by atomic mass is 9.88. The zero-order chi connectivity index (χ0) is 22.5. The maximum Gasteiger partial charge on any atom is 0.137 e. The fourth-order valence-electron chi connectivity index (χ4n) is 4.39. The number of fused-ring (bicyclic) bond motifs is 1. The number of halogens is 1. The van der Waals surface area contributed by atoms with Crippen molar-refractivity contribution in [2.24, 2.45) is 0 Å². The van der Waals surface area contributed by atoms with Crippen LogP contribution >= 0.6 is 11.6 Å². The first-order chi connectivity index (χ1) is 15.5. The van der Waals surface area contributed by atoms with E-state index in [9.17, 15) is 0 Å². The van der Waals surface area contributed by atoms with Gasteiger partial charge in [-0.3, -0.25) is 4.90 Å². The Bertz CT molecular complexity index is 1060. The van der Waals surface area contributed by atoms with E-state index in [0.29, 0.717) is 5.02 Å². The first-order valence-electron chi connectivity index (χ1n) is 11.1. The molecular weight excluding hydrogens is 416 g/mol. The predicted molar refractivity (Wildman–Crippen MR) is 136 cm³/mol. The third kappa shape index (κ3) is 5.17. The van der Waals surface area contributed by atoms with Crippen LogP contribution in [0.2, 0.25) is 5.02 Å². The topological polar surface area (TPSA) is 15.7 Å². The van der Waals surface area contributed by atoms with E-state index in [2.05, 4.69) is 103 Å². The molecule has 3 nitrogen and oxygen atoms in total. The molecule has 0 amide bonds. The highest BCUT2D eigenvalue weighted by atomic mass is 35.5. The van der Waals surface area contributed by atoms with Crippen molar-refractivity contribution in [3.8, 4) is 5.75 Å². The molecule has 0 radical (unpaired) electrons. The Kier molecular flexibility index (Phi) is 7.19. The van der Waals surface area contributed by atoms with Gasteiger partial charge in [0.05, 0.1) is 12.1 Å². The van der Waals surface area contributed by atoms with Gasteiger partial charge in [-0.1, -0.05) is 66.2 Å². The second kappa shape index (κ2) is 10.2. The van der Waals surface area contributed by atoms with E-state index in [0.717, 1.165) is 31.8 Å². The molecule has 1 atom stereocenters. The Morgan fingerprint density at radius 3 is 2.50 bits per heavy atom. The molecule has 32 heavy (non-hydrogen) atoms. The van der Waals surface area contributed by atoms with Gasteiger partial charge in [0, 0.05) is 45.3 Å². The zero-order valence-electron chi connectivity index (χ0n) is 19.1. The van der Waals surface area contributed by atoms with E-state index >= 15 is 0 Å². The lowest BCUT2D eigenvalue weighted by Crippen LogP contribution is -2.29. The fraction of sp³-hybridized carbons (Fsp3) is 0.286. The number of rotatable bonds is 6. The summed E-state index contributed by atoms with van der Waals surface area (Å²) in [5, 5.41) is 0.688. The van der Waals surface area contributed by atoms with Crippen LogP contribution in [-0.4, -0.2) is 45.7 Å². The summed E-state index contributed by atoms with van der Waals surface area (Å²) in [5.74, 6) is 1.04. The minimum atomic E-state index is 0.285. The molecule has 3 aromatic carbocycles. The lowest BCUT2D eigenvalue weighted by molar-refractivity contribution is 0.306. The lowest BCUT2D eigenvalue weighted by Gasteiger charge is -2.24. The van der Waals surface area contributed by atoms with Gasteiger partial charge in [-0.05, 0) is 52.9 Å². The minimum Gasteiger partial charge on any atom is -0.495 e. The smallest absolute Gasteiger partial charge is 0.137 e. The normalized spacial score (nSPS) is 16.6. The molecule has 1 aliphatic heterocycles. The molecule has 4 heteroatoms. The highest BCUT2D eigenvalue weighted by molar-refractivity contribution is 6.32. The number of benzene rings is 3. The number of methoxy groups -OCH3 is 1. The van der Waals surface area contributed by atoms with Crippen molar-refractivity contribution < 1.29 is 4.74 Å². The molecule has 1 unspecified atom stereocenters. The molecule has 0 bridgehead atoms. The van der Waals surface area contributed by atoms with E-state index in [1.165, 1.54) is 27.9 Å². The first-order valence-corrected chi connectivity index (χ1v) is 11.5. The summed E-state index contributed by atoms with van der Waals surface area (Å²) in [7, 11) is 5.81. The van der Waals surface area contributed by atoms with Gasteiger partial charge in [0.25, 0.3) is 0 Å². The van der Waals surface area contributed by atoms with Crippen LogP contribution < -0.4 is 9.64 Å². The monoisotopic (exact) mass is 446 g/mol. The third-order valence-corrected chi connectivity index (χ3v) is 6.51. The maximum absolute atomic E-state index is 6.47. The van der Waals surface area contributed by atoms with Crippen LogP contribution in [-0.2, 0) is 6.42 Å². The molecule has 4 rings (SSSR count). The summed E-state index contributed by atoms with van der Waals surface area (Å²) < 4.78 is 5.54. The highest BCUT2D eigenvalue weighted by Gasteiger charge is 2.25. The number of ether oxygens (including phenoxy) is 1. The van der Waals surface area contributed by atoms with E-state index in [1.807, 2.05) is 0 Å². The van der Waals surface area contributed by atoms with Crippen molar-refractivity contribution in [3.05, 3.63) is 100 Å². The Balaban J connectivity index is 1.55.